The highest BCUT2D eigenvalue weighted by molar-refractivity contribution is 7.99. The number of hydrogen-bond acceptors (Lipinski definition) is 10. The Bertz CT molecular complexity index is 927. The molecule has 190 valence electrons. The molecule has 3 rings (SSSR count). The zero-order valence-corrected chi connectivity index (χ0v) is 20.9. The summed E-state index contributed by atoms with van der Waals surface area (Å²) >= 11 is 1.55. The number of carbonyl (C=O) groups is 1. The SMILES string of the molecule is CCCCNc1nc(SCCC)nc2c1nnn2C1C[C@H](C(=O)NCCCCCN)[C@@H](O)[C@H]1O. The molecule has 0 aliphatic heterocycles. The van der Waals surface area contributed by atoms with Crippen LogP contribution in [0.5, 0.6) is 0 Å². The van der Waals surface area contributed by atoms with E-state index in [0.717, 1.165) is 50.8 Å². The summed E-state index contributed by atoms with van der Waals surface area (Å²) in [7, 11) is 0. The minimum atomic E-state index is -1.19. The number of thioether (sulfide) groups is 1. The second kappa shape index (κ2) is 13.2. The first kappa shape index (κ1) is 26.6. The van der Waals surface area contributed by atoms with Crippen molar-refractivity contribution in [2.75, 3.05) is 30.7 Å². The third-order valence-electron chi connectivity index (χ3n) is 6.04. The van der Waals surface area contributed by atoms with E-state index in [9.17, 15) is 15.0 Å². The fourth-order valence-corrected chi connectivity index (χ4v) is 4.79. The van der Waals surface area contributed by atoms with E-state index in [2.05, 4.69) is 44.8 Å². The topological polar surface area (TPSA) is 164 Å². The predicted molar refractivity (Wildman–Crippen MR) is 133 cm³/mol. The van der Waals surface area contributed by atoms with E-state index in [1.807, 2.05) is 0 Å². The largest absolute Gasteiger partial charge is 0.390 e. The number of unbranched alkanes of at least 4 members (excludes halogenated alkanes) is 3. The normalized spacial score (nSPS) is 22.4. The van der Waals surface area contributed by atoms with Gasteiger partial charge in [-0.25, -0.2) is 14.6 Å². The van der Waals surface area contributed by atoms with Crippen molar-refractivity contribution in [3.63, 3.8) is 0 Å². The molecule has 6 N–H and O–H groups in total. The summed E-state index contributed by atoms with van der Waals surface area (Å²) in [6.07, 6.45) is 3.61. The van der Waals surface area contributed by atoms with Gasteiger partial charge in [0.25, 0.3) is 0 Å². The van der Waals surface area contributed by atoms with Gasteiger partial charge in [0, 0.05) is 18.8 Å². The molecule has 0 spiro atoms. The molecule has 0 radical (unpaired) electrons. The van der Waals surface area contributed by atoms with Crippen molar-refractivity contribution in [3.05, 3.63) is 0 Å². The quantitative estimate of drug-likeness (QED) is 0.147. The molecular weight excluding hydrogens is 456 g/mol. The van der Waals surface area contributed by atoms with E-state index in [1.165, 1.54) is 0 Å². The first-order chi connectivity index (χ1) is 16.5. The molecule has 1 unspecified atom stereocenters. The third kappa shape index (κ3) is 6.35. The monoisotopic (exact) mass is 494 g/mol. The maximum Gasteiger partial charge on any atom is 0.225 e. The van der Waals surface area contributed by atoms with Gasteiger partial charge in [-0.15, -0.1) is 5.10 Å². The van der Waals surface area contributed by atoms with Crippen LogP contribution in [0.2, 0.25) is 0 Å². The van der Waals surface area contributed by atoms with Gasteiger partial charge < -0.3 is 26.6 Å². The summed E-state index contributed by atoms with van der Waals surface area (Å²) in [5, 5.41) is 36.8. The highest BCUT2D eigenvalue weighted by atomic mass is 32.2. The number of nitrogens with one attached hydrogen (secondary N) is 2. The number of aliphatic hydroxyl groups is 2. The van der Waals surface area contributed by atoms with E-state index in [1.54, 1.807) is 16.4 Å². The molecule has 1 saturated carbocycles. The molecule has 1 aliphatic rings. The van der Waals surface area contributed by atoms with E-state index in [-0.39, 0.29) is 12.3 Å². The summed E-state index contributed by atoms with van der Waals surface area (Å²) in [4.78, 5) is 22.0. The van der Waals surface area contributed by atoms with Crippen molar-refractivity contribution in [3.8, 4) is 0 Å². The second-order valence-corrected chi connectivity index (χ2v) is 9.78. The Labute approximate surface area is 204 Å². The Kier molecular flexibility index (Phi) is 10.3. The minimum Gasteiger partial charge on any atom is -0.390 e. The summed E-state index contributed by atoms with van der Waals surface area (Å²) in [5.41, 5.74) is 6.51. The Hall–Kier alpha value is -2.02. The van der Waals surface area contributed by atoms with Crippen molar-refractivity contribution in [2.45, 2.75) is 82.2 Å². The van der Waals surface area contributed by atoms with E-state index in [4.69, 9.17) is 5.73 Å². The lowest BCUT2D eigenvalue weighted by atomic mass is 10.0. The molecule has 4 atom stereocenters. The van der Waals surface area contributed by atoms with Crippen LogP contribution in [0.25, 0.3) is 11.2 Å². The minimum absolute atomic E-state index is 0.245. The van der Waals surface area contributed by atoms with Crippen molar-refractivity contribution < 1.29 is 15.0 Å². The first-order valence-electron chi connectivity index (χ1n) is 12.3. The number of nitrogens with two attached hydrogens (primary N) is 1. The van der Waals surface area contributed by atoms with Gasteiger partial charge in [-0.1, -0.05) is 43.7 Å². The van der Waals surface area contributed by atoms with Crippen molar-refractivity contribution in [2.24, 2.45) is 11.7 Å². The molecule has 2 aromatic heterocycles. The van der Waals surface area contributed by atoms with Crippen LogP contribution in [0.15, 0.2) is 5.16 Å². The number of carbonyl (C=O) groups excluding carboxylic acids is 1. The number of anilines is 1. The summed E-state index contributed by atoms with van der Waals surface area (Å²) < 4.78 is 1.54. The Morgan fingerprint density at radius 1 is 1.12 bits per heavy atom. The van der Waals surface area contributed by atoms with Gasteiger partial charge in [0.1, 0.15) is 6.10 Å². The fourth-order valence-electron chi connectivity index (χ4n) is 4.10. The maximum absolute atomic E-state index is 12.7. The summed E-state index contributed by atoms with van der Waals surface area (Å²) in [6.45, 7) is 6.12. The third-order valence-corrected chi connectivity index (χ3v) is 7.10. The van der Waals surface area contributed by atoms with Gasteiger partial charge in [0.2, 0.25) is 5.91 Å². The lowest BCUT2D eigenvalue weighted by Crippen LogP contribution is -2.38. The number of nitrogens with zero attached hydrogens (tertiary/aromatic N) is 5. The molecule has 2 heterocycles. The van der Waals surface area contributed by atoms with E-state index in [0.29, 0.717) is 35.2 Å². The van der Waals surface area contributed by atoms with E-state index >= 15 is 0 Å². The fraction of sp³-hybridized carbons (Fsp3) is 0.773. The molecule has 0 aromatic carbocycles. The molecule has 11 nitrogen and oxygen atoms in total. The summed E-state index contributed by atoms with van der Waals surface area (Å²) in [5.74, 6) is 0.497. The number of fused-ring (bicyclic) bond motifs is 1. The van der Waals surface area contributed by atoms with Gasteiger partial charge in [0.15, 0.2) is 22.1 Å². The van der Waals surface area contributed by atoms with Gasteiger partial charge in [-0.05, 0) is 38.6 Å². The van der Waals surface area contributed by atoms with Gasteiger partial charge in [-0.3, -0.25) is 4.79 Å². The predicted octanol–water partition coefficient (Wildman–Crippen LogP) is 1.46. The Balaban J connectivity index is 1.80. The van der Waals surface area contributed by atoms with Crippen LogP contribution in [0.4, 0.5) is 5.82 Å². The highest BCUT2D eigenvalue weighted by Crippen LogP contribution is 2.37. The van der Waals surface area contributed by atoms with E-state index < -0.39 is 24.2 Å². The lowest BCUT2D eigenvalue weighted by molar-refractivity contribution is -0.128. The molecule has 34 heavy (non-hydrogen) atoms. The highest BCUT2D eigenvalue weighted by Gasteiger charge is 2.47. The zero-order valence-electron chi connectivity index (χ0n) is 20.1. The zero-order chi connectivity index (χ0) is 24.5. The first-order valence-corrected chi connectivity index (χ1v) is 13.3. The van der Waals surface area contributed by atoms with Crippen LogP contribution in [0.3, 0.4) is 0 Å². The van der Waals surface area contributed by atoms with Gasteiger partial charge in [0.05, 0.1) is 18.1 Å². The van der Waals surface area contributed by atoms with Crippen LogP contribution in [-0.2, 0) is 4.79 Å². The Morgan fingerprint density at radius 3 is 2.68 bits per heavy atom. The molecule has 12 heteroatoms. The molecule has 0 saturated heterocycles. The van der Waals surface area contributed by atoms with Crippen molar-refractivity contribution in [1.29, 1.82) is 0 Å². The van der Waals surface area contributed by atoms with Crippen LogP contribution in [0.1, 0.15) is 64.8 Å². The van der Waals surface area contributed by atoms with Crippen LogP contribution in [0, 0.1) is 5.92 Å². The second-order valence-electron chi connectivity index (χ2n) is 8.72. The van der Waals surface area contributed by atoms with Crippen molar-refractivity contribution >= 4 is 34.7 Å². The van der Waals surface area contributed by atoms with Crippen molar-refractivity contribution in [1.82, 2.24) is 30.3 Å². The molecule has 0 bridgehead atoms. The maximum atomic E-state index is 12.7. The Morgan fingerprint density at radius 2 is 1.94 bits per heavy atom. The molecule has 1 fully saturated rings. The number of aliphatic hydroxyl groups excluding tert-OH is 2. The van der Waals surface area contributed by atoms with Gasteiger partial charge >= 0.3 is 0 Å². The van der Waals surface area contributed by atoms with Crippen LogP contribution < -0.4 is 16.4 Å². The number of rotatable bonds is 14. The lowest BCUT2D eigenvalue weighted by Gasteiger charge is -2.17. The average molecular weight is 495 g/mol. The van der Waals surface area contributed by atoms with Gasteiger partial charge in [-0.2, -0.15) is 0 Å². The standard InChI is InChI=1S/C22H38N8O3S/c1-3-5-10-24-19-16-20(27-22(26-19)34-12-4-2)30(29-28-16)15-13-14(17(31)18(15)32)21(33)25-11-8-6-7-9-23/h14-15,17-18,31-32H,3-13,23H2,1-2H3,(H,25,33)(H,24,26,27)/t14-,15?,17+,18-/m0/s1. The summed E-state index contributed by atoms with van der Waals surface area (Å²) in [6, 6.07) is -0.615. The number of amides is 1. The number of aromatic nitrogens is 5. The molecule has 1 amide bonds. The molecule has 2 aromatic rings. The average Bonchev–Trinajstić information content (AvgIpc) is 3.38. The molecule has 1 aliphatic carbocycles. The van der Waals surface area contributed by atoms with Crippen LogP contribution in [-0.4, -0.2) is 78.7 Å². The molecular formula is C22H38N8O3S. The smallest absolute Gasteiger partial charge is 0.225 e. The van der Waals surface area contributed by atoms with Crippen LogP contribution >= 0.6 is 11.8 Å². The number of hydrogen-bond donors (Lipinski definition) is 5.